The van der Waals surface area contributed by atoms with Gasteiger partial charge in [-0.05, 0) is 36.2 Å². The summed E-state index contributed by atoms with van der Waals surface area (Å²) < 4.78 is 0. The summed E-state index contributed by atoms with van der Waals surface area (Å²) in [5.41, 5.74) is 3.45. The van der Waals surface area contributed by atoms with Crippen molar-refractivity contribution >= 4 is 29.1 Å². The smallest absolute Gasteiger partial charge is 0.252 e. The number of amides is 2. The van der Waals surface area contributed by atoms with Crippen LogP contribution in [0.15, 0.2) is 42.5 Å². The summed E-state index contributed by atoms with van der Waals surface area (Å²) in [6.07, 6.45) is 0. The van der Waals surface area contributed by atoms with E-state index in [1.165, 1.54) is 11.1 Å². The standard InChI is InChI=1S/C19H20ClN3O2/c1-2-21-19(25)16-9-15(7-8-17(16)20)22-18(24)12-23-10-13-5-3-4-6-14(13)11-23/h3-9H,2,10-12H2,1H3,(H,21,25)(H,22,24). The number of benzene rings is 2. The zero-order chi connectivity index (χ0) is 17.8. The lowest BCUT2D eigenvalue weighted by molar-refractivity contribution is -0.117. The van der Waals surface area contributed by atoms with E-state index in [1.54, 1.807) is 18.2 Å². The van der Waals surface area contributed by atoms with Crippen LogP contribution in [-0.4, -0.2) is 29.8 Å². The van der Waals surface area contributed by atoms with E-state index in [4.69, 9.17) is 11.6 Å². The van der Waals surface area contributed by atoms with Crippen LogP contribution in [0.4, 0.5) is 5.69 Å². The highest BCUT2D eigenvalue weighted by Gasteiger charge is 2.20. The molecule has 0 atom stereocenters. The molecule has 0 saturated heterocycles. The number of anilines is 1. The molecule has 130 valence electrons. The van der Waals surface area contributed by atoms with Gasteiger partial charge in [-0.1, -0.05) is 35.9 Å². The molecule has 1 aliphatic heterocycles. The van der Waals surface area contributed by atoms with Gasteiger partial charge in [0.25, 0.3) is 5.91 Å². The van der Waals surface area contributed by atoms with Crippen molar-refractivity contribution in [2.24, 2.45) is 0 Å². The first-order chi connectivity index (χ1) is 12.1. The van der Waals surface area contributed by atoms with E-state index in [2.05, 4.69) is 27.7 Å². The number of fused-ring (bicyclic) bond motifs is 1. The average Bonchev–Trinajstić information content (AvgIpc) is 2.98. The lowest BCUT2D eigenvalue weighted by Crippen LogP contribution is -2.29. The molecule has 2 amide bonds. The first kappa shape index (κ1) is 17.5. The van der Waals surface area contributed by atoms with Crippen molar-refractivity contribution in [3.05, 3.63) is 64.2 Å². The highest BCUT2D eigenvalue weighted by molar-refractivity contribution is 6.34. The predicted molar refractivity (Wildman–Crippen MR) is 98.6 cm³/mol. The van der Waals surface area contributed by atoms with Gasteiger partial charge >= 0.3 is 0 Å². The van der Waals surface area contributed by atoms with Crippen molar-refractivity contribution in [3.8, 4) is 0 Å². The number of hydrogen-bond acceptors (Lipinski definition) is 3. The number of halogens is 1. The van der Waals surface area contributed by atoms with Crippen molar-refractivity contribution in [3.63, 3.8) is 0 Å². The molecule has 3 rings (SSSR count). The summed E-state index contributed by atoms with van der Waals surface area (Å²) in [6.45, 7) is 4.20. The van der Waals surface area contributed by atoms with E-state index >= 15 is 0 Å². The molecule has 0 unspecified atom stereocenters. The summed E-state index contributed by atoms with van der Waals surface area (Å²) in [4.78, 5) is 26.4. The highest BCUT2D eigenvalue weighted by Crippen LogP contribution is 2.23. The molecule has 1 heterocycles. The molecule has 0 saturated carbocycles. The molecular weight excluding hydrogens is 338 g/mol. The van der Waals surface area contributed by atoms with Crippen molar-refractivity contribution in [2.45, 2.75) is 20.0 Å². The van der Waals surface area contributed by atoms with Crippen LogP contribution >= 0.6 is 11.6 Å². The molecule has 1 aliphatic rings. The van der Waals surface area contributed by atoms with Gasteiger partial charge in [0.15, 0.2) is 0 Å². The van der Waals surface area contributed by atoms with Crippen molar-refractivity contribution < 1.29 is 9.59 Å². The molecule has 2 aromatic carbocycles. The van der Waals surface area contributed by atoms with Gasteiger partial charge in [0, 0.05) is 25.3 Å². The molecule has 25 heavy (non-hydrogen) atoms. The second-order valence-electron chi connectivity index (χ2n) is 6.02. The zero-order valence-corrected chi connectivity index (χ0v) is 14.8. The zero-order valence-electron chi connectivity index (χ0n) is 14.0. The summed E-state index contributed by atoms with van der Waals surface area (Å²) >= 11 is 6.07. The van der Waals surface area contributed by atoms with Gasteiger partial charge in [-0.15, -0.1) is 0 Å². The molecule has 2 aromatic rings. The van der Waals surface area contributed by atoms with Crippen LogP contribution in [0.2, 0.25) is 5.02 Å². The second kappa shape index (κ2) is 7.68. The molecule has 0 fully saturated rings. The van der Waals surface area contributed by atoms with E-state index in [9.17, 15) is 9.59 Å². The van der Waals surface area contributed by atoms with E-state index in [1.807, 2.05) is 19.1 Å². The number of carbonyl (C=O) groups excluding carboxylic acids is 2. The van der Waals surface area contributed by atoms with Crippen LogP contribution in [0, 0.1) is 0 Å². The van der Waals surface area contributed by atoms with Gasteiger partial charge in [0.05, 0.1) is 17.1 Å². The number of carbonyl (C=O) groups is 2. The number of rotatable bonds is 5. The highest BCUT2D eigenvalue weighted by atomic mass is 35.5. The Morgan fingerprint density at radius 3 is 2.44 bits per heavy atom. The maximum absolute atomic E-state index is 12.3. The molecule has 0 spiro atoms. The summed E-state index contributed by atoms with van der Waals surface area (Å²) in [5.74, 6) is -0.365. The molecule has 0 radical (unpaired) electrons. The average molecular weight is 358 g/mol. The fourth-order valence-corrected chi connectivity index (χ4v) is 3.16. The lowest BCUT2D eigenvalue weighted by atomic mass is 10.1. The van der Waals surface area contributed by atoms with Crippen LogP contribution in [0.3, 0.4) is 0 Å². The van der Waals surface area contributed by atoms with Crippen molar-refractivity contribution in [1.82, 2.24) is 10.2 Å². The molecule has 0 aromatic heterocycles. The number of nitrogens with zero attached hydrogens (tertiary/aromatic N) is 1. The largest absolute Gasteiger partial charge is 0.352 e. The van der Waals surface area contributed by atoms with E-state index in [0.717, 1.165) is 13.1 Å². The molecule has 6 heteroatoms. The summed E-state index contributed by atoms with van der Waals surface area (Å²) in [5, 5.41) is 5.91. The van der Waals surface area contributed by atoms with Gasteiger partial charge in [-0.3, -0.25) is 14.5 Å². The van der Waals surface area contributed by atoms with Gasteiger partial charge in [-0.2, -0.15) is 0 Å². The summed E-state index contributed by atoms with van der Waals surface area (Å²) in [7, 11) is 0. The van der Waals surface area contributed by atoms with Gasteiger partial charge in [-0.25, -0.2) is 0 Å². The van der Waals surface area contributed by atoms with Gasteiger partial charge in [0.2, 0.25) is 5.91 Å². The van der Waals surface area contributed by atoms with Crippen molar-refractivity contribution in [1.29, 1.82) is 0 Å². The fourth-order valence-electron chi connectivity index (χ4n) is 2.95. The van der Waals surface area contributed by atoms with Crippen LogP contribution in [0.5, 0.6) is 0 Å². The maximum atomic E-state index is 12.3. The topological polar surface area (TPSA) is 61.4 Å². The Balaban J connectivity index is 1.62. The number of hydrogen-bond donors (Lipinski definition) is 2. The first-order valence-electron chi connectivity index (χ1n) is 8.23. The lowest BCUT2D eigenvalue weighted by Gasteiger charge is -2.15. The maximum Gasteiger partial charge on any atom is 0.252 e. The Bertz CT molecular complexity index is 782. The van der Waals surface area contributed by atoms with Crippen LogP contribution in [0.1, 0.15) is 28.4 Å². The third-order valence-electron chi connectivity index (χ3n) is 4.11. The SMILES string of the molecule is CCNC(=O)c1cc(NC(=O)CN2Cc3ccccc3C2)ccc1Cl. The van der Waals surface area contributed by atoms with Gasteiger partial charge < -0.3 is 10.6 Å². The first-order valence-corrected chi connectivity index (χ1v) is 8.61. The van der Waals surface area contributed by atoms with Crippen LogP contribution in [0.25, 0.3) is 0 Å². The molecular formula is C19H20ClN3O2. The van der Waals surface area contributed by atoms with E-state index in [-0.39, 0.29) is 11.8 Å². The minimum absolute atomic E-state index is 0.114. The monoisotopic (exact) mass is 357 g/mol. The second-order valence-corrected chi connectivity index (χ2v) is 6.42. The van der Waals surface area contributed by atoms with Gasteiger partial charge in [0.1, 0.15) is 0 Å². The van der Waals surface area contributed by atoms with E-state index in [0.29, 0.717) is 29.4 Å². The third kappa shape index (κ3) is 4.18. The normalized spacial score (nSPS) is 13.4. The summed E-state index contributed by atoms with van der Waals surface area (Å²) in [6, 6.07) is 13.1. The molecule has 5 nitrogen and oxygen atoms in total. The minimum atomic E-state index is -0.251. The Hall–Kier alpha value is -2.37. The molecule has 2 N–H and O–H groups in total. The van der Waals surface area contributed by atoms with Crippen LogP contribution < -0.4 is 10.6 Å². The van der Waals surface area contributed by atoms with E-state index < -0.39 is 0 Å². The predicted octanol–water partition coefficient (Wildman–Crippen LogP) is 3.04. The quantitative estimate of drug-likeness (QED) is 0.864. The fraction of sp³-hybridized carbons (Fsp3) is 0.263. The minimum Gasteiger partial charge on any atom is -0.352 e. The van der Waals surface area contributed by atoms with Crippen molar-refractivity contribution in [2.75, 3.05) is 18.4 Å². The Kier molecular flexibility index (Phi) is 5.36. The van der Waals surface area contributed by atoms with Crippen LogP contribution in [-0.2, 0) is 17.9 Å². The Labute approximate surface area is 152 Å². The third-order valence-corrected chi connectivity index (χ3v) is 4.44. The molecule has 0 aliphatic carbocycles. The number of nitrogens with one attached hydrogen (secondary N) is 2. The Morgan fingerprint density at radius 1 is 1.12 bits per heavy atom. The molecule has 0 bridgehead atoms. The Morgan fingerprint density at radius 2 is 1.80 bits per heavy atom.